The molecule has 5 heteroatoms. The van der Waals surface area contributed by atoms with Crippen molar-refractivity contribution in [1.29, 1.82) is 0 Å². The van der Waals surface area contributed by atoms with Crippen LogP contribution in [0.5, 0.6) is 0 Å². The van der Waals surface area contributed by atoms with E-state index in [9.17, 15) is 4.79 Å². The summed E-state index contributed by atoms with van der Waals surface area (Å²) in [5.74, 6) is 0.412. The van der Waals surface area contributed by atoms with Gasteiger partial charge in [0, 0.05) is 18.7 Å². The Morgan fingerprint density at radius 2 is 2.27 bits per heavy atom. The van der Waals surface area contributed by atoms with Crippen LogP contribution >= 0.6 is 0 Å². The number of allylic oxidation sites excluding steroid dienone is 1. The topological polar surface area (TPSA) is 50.8 Å². The number of methoxy groups -OCH3 is 1. The van der Waals surface area contributed by atoms with E-state index in [1.807, 2.05) is 0 Å². The van der Waals surface area contributed by atoms with Crippen molar-refractivity contribution in [2.24, 2.45) is 17.8 Å². The molecule has 1 aromatic rings. The van der Waals surface area contributed by atoms with Crippen LogP contribution in [0.25, 0.3) is 0 Å². The van der Waals surface area contributed by atoms with Gasteiger partial charge in [0.1, 0.15) is 6.23 Å². The van der Waals surface area contributed by atoms with Gasteiger partial charge in [-0.3, -0.25) is 9.69 Å². The SMILES string of the molecule is C/C=C\C1CN2[C@H]3C[C@H]1C(C(=O)OC)C14C[C@H]2OC31Nc1ccccc14. The van der Waals surface area contributed by atoms with E-state index >= 15 is 0 Å². The maximum atomic E-state index is 13.2. The van der Waals surface area contributed by atoms with Crippen molar-refractivity contribution in [3.05, 3.63) is 42.0 Å². The predicted molar refractivity (Wildman–Crippen MR) is 96.4 cm³/mol. The highest BCUT2D eigenvalue weighted by atomic mass is 16.6. The van der Waals surface area contributed by atoms with Crippen molar-refractivity contribution in [1.82, 2.24) is 4.90 Å². The number of hydrogen-bond acceptors (Lipinski definition) is 5. The zero-order valence-electron chi connectivity index (χ0n) is 15.1. The van der Waals surface area contributed by atoms with Crippen molar-refractivity contribution >= 4 is 11.7 Å². The van der Waals surface area contributed by atoms with Crippen LogP contribution in [0.1, 0.15) is 25.3 Å². The number of esters is 1. The molecular formula is C21H24N2O3. The van der Waals surface area contributed by atoms with Crippen LogP contribution in [0.15, 0.2) is 36.4 Å². The minimum atomic E-state index is -0.488. The minimum absolute atomic E-state index is 0.0783. The van der Waals surface area contributed by atoms with Gasteiger partial charge in [-0.2, -0.15) is 0 Å². The molecule has 5 nitrogen and oxygen atoms in total. The highest BCUT2D eigenvalue weighted by Crippen LogP contribution is 2.72. The molecule has 4 bridgehead atoms. The van der Waals surface area contributed by atoms with Crippen LogP contribution in [-0.2, 0) is 19.7 Å². The fraction of sp³-hybridized carbons (Fsp3) is 0.571. The summed E-state index contributed by atoms with van der Waals surface area (Å²) in [4.78, 5) is 15.7. The summed E-state index contributed by atoms with van der Waals surface area (Å²) >= 11 is 0. The number of rotatable bonds is 2. The lowest BCUT2D eigenvalue weighted by atomic mass is 9.49. The summed E-state index contributed by atoms with van der Waals surface area (Å²) in [6.07, 6.45) is 6.34. The molecule has 7 atom stereocenters. The van der Waals surface area contributed by atoms with Gasteiger partial charge in [-0.1, -0.05) is 30.4 Å². The Hall–Kier alpha value is -1.85. The van der Waals surface area contributed by atoms with E-state index in [0.29, 0.717) is 17.9 Å². The number of carbonyl (C=O) groups is 1. The monoisotopic (exact) mass is 352 g/mol. The first-order valence-corrected chi connectivity index (χ1v) is 9.68. The molecule has 4 unspecified atom stereocenters. The average molecular weight is 352 g/mol. The number of nitrogens with one attached hydrogen (secondary N) is 1. The number of nitrogens with zero attached hydrogens (tertiary/aromatic N) is 1. The highest BCUT2D eigenvalue weighted by Gasteiger charge is 2.82. The van der Waals surface area contributed by atoms with Gasteiger partial charge in [-0.25, -0.2) is 0 Å². The maximum Gasteiger partial charge on any atom is 0.310 e. The molecule has 1 saturated carbocycles. The first-order chi connectivity index (χ1) is 12.7. The van der Waals surface area contributed by atoms with E-state index in [4.69, 9.17) is 9.47 Å². The van der Waals surface area contributed by atoms with Crippen LogP contribution in [0.2, 0.25) is 0 Å². The van der Waals surface area contributed by atoms with E-state index in [-0.39, 0.29) is 23.5 Å². The smallest absolute Gasteiger partial charge is 0.310 e. The number of hydrogen-bond donors (Lipinski definition) is 1. The summed E-state index contributed by atoms with van der Waals surface area (Å²) in [6, 6.07) is 8.77. The Morgan fingerprint density at radius 3 is 3.08 bits per heavy atom. The molecule has 1 aliphatic carbocycles. The Balaban J connectivity index is 1.63. The van der Waals surface area contributed by atoms with E-state index in [1.165, 1.54) is 12.7 Å². The molecule has 1 aromatic carbocycles. The molecule has 1 spiro atoms. The Morgan fingerprint density at radius 1 is 1.42 bits per heavy atom. The summed E-state index contributed by atoms with van der Waals surface area (Å²) < 4.78 is 12.1. The lowest BCUT2D eigenvalue weighted by molar-refractivity contribution is -0.167. The van der Waals surface area contributed by atoms with E-state index in [1.54, 1.807) is 0 Å². The number of ether oxygens (including phenoxy) is 2. The number of carbonyl (C=O) groups excluding carboxylic acids is 1. The fourth-order valence-corrected chi connectivity index (χ4v) is 7.08. The second-order valence-corrected chi connectivity index (χ2v) is 8.46. The number of fused-ring (bicyclic) bond motifs is 4. The van der Waals surface area contributed by atoms with Crippen LogP contribution in [-0.4, -0.2) is 42.5 Å². The zero-order valence-corrected chi connectivity index (χ0v) is 15.1. The van der Waals surface area contributed by atoms with Gasteiger partial charge in [0.15, 0.2) is 5.72 Å². The maximum absolute atomic E-state index is 13.2. The molecule has 0 amide bonds. The lowest BCUT2D eigenvalue weighted by Gasteiger charge is -2.61. The molecule has 4 fully saturated rings. The lowest BCUT2D eigenvalue weighted by Crippen LogP contribution is -2.74. The Labute approximate surface area is 153 Å². The average Bonchev–Trinajstić information content (AvgIpc) is 3.24. The number of benzene rings is 1. The van der Waals surface area contributed by atoms with Gasteiger partial charge < -0.3 is 14.8 Å². The fourth-order valence-electron chi connectivity index (χ4n) is 7.08. The predicted octanol–water partition coefficient (Wildman–Crippen LogP) is 2.49. The quantitative estimate of drug-likeness (QED) is 0.655. The molecule has 3 saturated heterocycles. The summed E-state index contributed by atoms with van der Waals surface area (Å²) in [5, 5.41) is 3.74. The van der Waals surface area contributed by atoms with Gasteiger partial charge in [-0.15, -0.1) is 0 Å². The summed E-state index contributed by atoms with van der Waals surface area (Å²) in [7, 11) is 1.53. The van der Waals surface area contributed by atoms with Crippen LogP contribution < -0.4 is 5.32 Å². The Kier molecular flexibility index (Phi) is 2.75. The second-order valence-electron chi connectivity index (χ2n) is 8.46. The molecule has 6 rings (SSSR count). The largest absolute Gasteiger partial charge is 0.469 e. The molecule has 4 heterocycles. The van der Waals surface area contributed by atoms with E-state index < -0.39 is 5.72 Å². The van der Waals surface area contributed by atoms with Gasteiger partial charge in [0.25, 0.3) is 0 Å². The highest BCUT2D eigenvalue weighted by molar-refractivity contribution is 5.80. The van der Waals surface area contributed by atoms with Crippen molar-refractivity contribution in [2.45, 2.75) is 43.2 Å². The zero-order chi connectivity index (χ0) is 17.7. The van der Waals surface area contributed by atoms with Gasteiger partial charge in [-0.05, 0) is 36.8 Å². The van der Waals surface area contributed by atoms with Crippen LogP contribution in [0.3, 0.4) is 0 Å². The van der Waals surface area contributed by atoms with Gasteiger partial charge in [0.05, 0.1) is 24.5 Å². The first-order valence-electron chi connectivity index (χ1n) is 9.68. The normalized spacial score (nSPS) is 47.1. The molecule has 136 valence electrons. The van der Waals surface area contributed by atoms with Gasteiger partial charge in [0.2, 0.25) is 0 Å². The molecule has 0 aromatic heterocycles. The summed E-state index contributed by atoms with van der Waals surface area (Å²) in [5.41, 5.74) is 1.55. The number of para-hydroxylation sites is 1. The van der Waals surface area contributed by atoms with Crippen molar-refractivity contribution in [3.8, 4) is 0 Å². The van der Waals surface area contributed by atoms with Crippen LogP contribution in [0.4, 0.5) is 5.69 Å². The molecule has 5 aliphatic rings. The second kappa shape index (κ2) is 4.70. The van der Waals surface area contributed by atoms with Crippen molar-refractivity contribution in [3.63, 3.8) is 0 Å². The van der Waals surface area contributed by atoms with E-state index in [2.05, 4.69) is 53.6 Å². The first kappa shape index (κ1) is 15.2. The Bertz CT molecular complexity index is 838. The number of piperidine rings is 2. The third-order valence-electron chi connectivity index (χ3n) is 7.77. The number of anilines is 1. The summed E-state index contributed by atoms with van der Waals surface area (Å²) in [6.45, 7) is 3.03. The molecule has 26 heavy (non-hydrogen) atoms. The third-order valence-corrected chi connectivity index (χ3v) is 7.77. The third kappa shape index (κ3) is 1.40. The molecular weight excluding hydrogens is 328 g/mol. The minimum Gasteiger partial charge on any atom is -0.469 e. The standard InChI is InChI=1S/C21H24N2O3/c1-3-6-12-11-23-16-9-13(12)18(19(24)25-2)20-10-17(23)26-21(16,20)22-15-8-5-4-7-14(15)20/h3-8,12-13,16-18,22H,9-11H2,1-2H3/b6-3-/t12?,13-,16+,17-,18?,20?,21?/m1/s1. The molecule has 4 aliphatic heterocycles. The molecule has 1 N–H and O–H groups in total. The van der Waals surface area contributed by atoms with E-state index in [0.717, 1.165) is 25.1 Å². The molecule has 0 radical (unpaired) electrons. The van der Waals surface area contributed by atoms with Crippen molar-refractivity contribution < 1.29 is 14.3 Å². The van der Waals surface area contributed by atoms with Crippen molar-refractivity contribution in [2.75, 3.05) is 19.0 Å². The van der Waals surface area contributed by atoms with Crippen LogP contribution in [0, 0.1) is 17.8 Å². The van der Waals surface area contributed by atoms with Gasteiger partial charge >= 0.3 is 5.97 Å².